The minimum Gasteiger partial charge on any atom is -0.392 e. The van der Waals surface area contributed by atoms with Gasteiger partial charge in [-0.05, 0) is 36.6 Å². The molecule has 1 fully saturated rings. The third-order valence-electron chi connectivity index (χ3n) is 4.02. The summed E-state index contributed by atoms with van der Waals surface area (Å²) in [7, 11) is 0. The highest BCUT2D eigenvalue weighted by molar-refractivity contribution is 5.92. The molecule has 0 radical (unpaired) electrons. The second-order valence-electron chi connectivity index (χ2n) is 6.16. The molecular formula is C17H26N2O3. The number of nitrogens with zero attached hydrogens (tertiary/aromatic N) is 1. The lowest BCUT2D eigenvalue weighted by Crippen LogP contribution is -2.36. The average molecular weight is 306 g/mol. The number of benzene rings is 1. The summed E-state index contributed by atoms with van der Waals surface area (Å²) in [6.07, 6.45) is -0.476. The van der Waals surface area contributed by atoms with E-state index in [1.807, 2.05) is 32.9 Å². The van der Waals surface area contributed by atoms with E-state index in [1.165, 1.54) is 0 Å². The largest absolute Gasteiger partial charge is 0.392 e. The zero-order chi connectivity index (χ0) is 16.1. The first kappa shape index (κ1) is 16.8. The van der Waals surface area contributed by atoms with E-state index in [0.717, 1.165) is 43.2 Å². The summed E-state index contributed by atoms with van der Waals surface area (Å²) in [4.78, 5) is 14.3. The molecule has 1 aromatic rings. The highest BCUT2D eigenvalue weighted by Gasteiger charge is 2.16. The summed E-state index contributed by atoms with van der Waals surface area (Å²) in [6.45, 7) is 9.09. The van der Waals surface area contributed by atoms with Crippen molar-refractivity contribution in [1.82, 2.24) is 0 Å². The summed E-state index contributed by atoms with van der Waals surface area (Å²) < 4.78 is 5.36. The van der Waals surface area contributed by atoms with Gasteiger partial charge in [0.2, 0.25) is 5.91 Å². The molecule has 1 aliphatic rings. The van der Waals surface area contributed by atoms with E-state index in [1.54, 1.807) is 0 Å². The number of hydrogen-bond acceptors (Lipinski definition) is 4. The molecule has 5 nitrogen and oxygen atoms in total. The van der Waals surface area contributed by atoms with Crippen LogP contribution in [0.15, 0.2) is 18.2 Å². The Balaban J connectivity index is 1.98. The molecule has 22 heavy (non-hydrogen) atoms. The zero-order valence-electron chi connectivity index (χ0n) is 13.6. The highest BCUT2D eigenvalue weighted by atomic mass is 16.5. The zero-order valence-corrected chi connectivity index (χ0v) is 13.6. The first-order valence-corrected chi connectivity index (χ1v) is 7.88. The summed E-state index contributed by atoms with van der Waals surface area (Å²) in [6, 6.07) is 6.03. The summed E-state index contributed by atoms with van der Waals surface area (Å²) in [5.74, 6) is -0.0704. The van der Waals surface area contributed by atoms with Crippen LogP contribution in [0.3, 0.4) is 0 Å². The van der Waals surface area contributed by atoms with Gasteiger partial charge in [0, 0.05) is 24.5 Å². The Morgan fingerprint density at radius 3 is 2.64 bits per heavy atom. The minimum atomic E-state index is -0.604. The average Bonchev–Trinajstić information content (AvgIpc) is 2.50. The number of nitrogens with one attached hydrogen (secondary N) is 1. The van der Waals surface area contributed by atoms with Crippen molar-refractivity contribution in [3.05, 3.63) is 23.8 Å². The van der Waals surface area contributed by atoms with Gasteiger partial charge in [-0.2, -0.15) is 0 Å². The maximum absolute atomic E-state index is 12.0. The van der Waals surface area contributed by atoms with Crippen molar-refractivity contribution in [2.24, 2.45) is 5.92 Å². The topological polar surface area (TPSA) is 61.8 Å². The maximum Gasteiger partial charge on any atom is 0.226 e. The van der Waals surface area contributed by atoms with E-state index in [9.17, 15) is 9.90 Å². The van der Waals surface area contributed by atoms with Gasteiger partial charge < -0.3 is 20.1 Å². The normalized spacial score (nSPS) is 16.7. The van der Waals surface area contributed by atoms with Crippen molar-refractivity contribution in [2.45, 2.75) is 33.3 Å². The number of amides is 1. The Morgan fingerprint density at radius 1 is 1.36 bits per heavy atom. The van der Waals surface area contributed by atoms with Crippen LogP contribution in [-0.4, -0.2) is 43.4 Å². The SMILES string of the molecule is Cc1cc(N2CCOCC2)ccc1NC(=O)CC(O)C(C)C. The Bertz CT molecular complexity index is 511. The standard InChI is InChI=1S/C17H26N2O3/c1-12(2)16(20)11-17(21)18-15-5-4-14(10-13(15)3)19-6-8-22-9-7-19/h4-5,10,12,16,20H,6-9,11H2,1-3H3,(H,18,21). The van der Waals surface area contributed by atoms with Crippen LogP contribution in [0.4, 0.5) is 11.4 Å². The van der Waals surface area contributed by atoms with Crippen LogP contribution in [0.2, 0.25) is 0 Å². The van der Waals surface area contributed by atoms with Crippen LogP contribution in [-0.2, 0) is 9.53 Å². The number of anilines is 2. The second kappa shape index (κ2) is 7.61. The summed E-state index contributed by atoms with van der Waals surface area (Å²) in [5, 5.41) is 12.7. The fourth-order valence-corrected chi connectivity index (χ4v) is 2.43. The molecule has 1 unspecified atom stereocenters. The van der Waals surface area contributed by atoms with Gasteiger partial charge in [-0.3, -0.25) is 4.79 Å². The predicted molar refractivity (Wildman–Crippen MR) is 88.3 cm³/mol. The Hall–Kier alpha value is -1.59. The number of morpholine rings is 1. The van der Waals surface area contributed by atoms with Crippen LogP contribution in [0.25, 0.3) is 0 Å². The number of ether oxygens (including phenoxy) is 1. The van der Waals surface area contributed by atoms with E-state index in [4.69, 9.17) is 4.74 Å². The van der Waals surface area contributed by atoms with Crippen molar-refractivity contribution in [2.75, 3.05) is 36.5 Å². The number of carbonyl (C=O) groups is 1. The lowest BCUT2D eigenvalue weighted by molar-refractivity contribution is -0.118. The first-order chi connectivity index (χ1) is 10.5. The number of carbonyl (C=O) groups excluding carboxylic acids is 1. The van der Waals surface area contributed by atoms with Gasteiger partial charge in [-0.15, -0.1) is 0 Å². The molecule has 1 saturated heterocycles. The van der Waals surface area contributed by atoms with Crippen molar-refractivity contribution in [3.8, 4) is 0 Å². The molecule has 1 aliphatic heterocycles. The molecule has 2 N–H and O–H groups in total. The number of aryl methyl sites for hydroxylation is 1. The van der Waals surface area contributed by atoms with Crippen molar-refractivity contribution < 1.29 is 14.6 Å². The predicted octanol–water partition coefficient (Wildman–Crippen LogP) is 2.18. The number of aliphatic hydroxyl groups excluding tert-OH is 1. The van der Waals surface area contributed by atoms with Crippen LogP contribution in [0, 0.1) is 12.8 Å². The molecule has 0 spiro atoms. The molecule has 1 heterocycles. The van der Waals surface area contributed by atoms with Gasteiger partial charge in [0.25, 0.3) is 0 Å². The Labute approximate surface area is 132 Å². The van der Waals surface area contributed by atoms with Gasteiger partial charge in [0.15, 0.2) is 0 Å². The lowest BCUT2D eigenvalue weighted by Gasteiger charge is -2.29. The number of aliphatic hydroxyl groups is 1. The third-order valence-corrected chi connectivity index (χ3v) is 4.02. The van der Waals surface area contributed by atoms with Crippen molar-refractivity contribution in [3.63, 3.8) is 0 Å². The Morgan fingerprint density at radius 2 is 2.05 bits per heavy atom. The van der Waals surface area contributed by atoms with E-state index >= 15 is 0 Å². The van der Waals surface area contributed by atoms with Gasteiger partial charge in [0.05, 0.1) is 25.7 Å². The van der Waals surface area contributed by atoms with Crippen LogP contribution < -0.4 is 10.2 Å². The molecule has 1 amide bonds. The second-order valence-corrected chi connectivity index (χ2v) is 6.16. The van der Waals surface area contributed by atoms with Crippen LogP contribution >= 0.6 is 0 Å². The van der Waals surface area contributed by atoms with Crippen LogP contribution in [0.1, 0.15) is 25.8 Å². The number of hydrogen-bond donors (Lipinski definition) is 2. The van der Waals surface area contributed by atoms with Crippen molar-refractivity contribution >= 4 is 17.3 Å². The summed E-state index contributed by atoms with van der Waals surface area (Å²) >= 11 is 0. The molecule has 0 bridgehead atoms. The first-order valence-electron chi connectivity index (χ1n) is 7.88. The smallest absolute Gasteiger partial charge is 0.226 e. The molecular weight excluding hydrogens is 280 g/mol. The fraction of sp³-hybridized carbons (Fsp3) is 0.588. The van der Waals surface area contributed by atoms with Gasteiger partial charge >= 0.3 is 0 Å². The van der Waals surface area contributed by atoms with Crippen LogP contribution in [0.5, 0.6) is 0 Å². The third kappa shape index (κ3) is 4.45. The molecule has 5 heteroatoms. The lowest BCUT2D eigenvalue weighted by atomic mass is 10.0. The molecule has 0 saturated carbocycles. The maximum atomic E-state index is 12.0. The van der Waals surface area contributed by atoms with E-state index in [0.29, 0.717) is 0 Å². The van der Waals surface area contributed by atoms with E-state index < -0.39 is 6.10 Å². The van der Waals surface area contributed by atoms with Crippen molar-refractivity contribution in [1.29, 1.82) is 0 Å². The Kier molecular flexibility index (Phi) is 5.80. The number of rotatable bonds is 5. The molecule has 0 aliphatic carbocycles. The van der Waals surface area contributed by atoms with Gasteiger partial charge in [-0.1, -0.05) is 13.8 Å². The summed E-state index contributed by atoms with van der Waals surface area (Å²) in [5.41, 5.74) is 2.98. The monoisotopic (exact) mass is 306 g/mol. The van der Waals surface area contributed by atoms with E-state index in [-0.39, 0.29) is 18.2 Å². The molecule has 2 rings (SSSR count). The highest BCUT2D eigenvalue weighted by Crippen LogP contribution is 2.23. The molecule has 1 atom stereocenters. The quantitative estimate of drug-likeness (QED) is 0.875. The molecule has 0 aromatic heterocycles. The minimum absolute atomic E-state index is 0.0792. The fourth-order valence-electron chi connectivity index (χ4n) is 2.43. The van der Waals surface area contributed by atoms with Gasteiger partial charge in [-0.25, -0.2) is 0 Å². The molecule has 1 aromatic carbocycles. The molecule has 122 valence electrons. The van der Waals surface area contributed by atoms with E-state index in [2.05, 4.69) is 16.3 Å². The van der Waals surface area contributed by atoms with Gasteiger partial charge in [0.1, 0.15) is 0 Å².